The lowest BCUT2D eigenvalue weighted by Crippen LogP contribution is -2.10. The van der Waals surface area contributed by atoms with E-state index in [9.17, 15) is 9.50 Å². The van der Waals surface area contributed by atoms with Crippen molar-refractivity contribution in [1.29, 1.82) is 0 Å². The smallest absolute Gasteiger partial charge is 0.123 e. The van der Waals surface area contributed by atoms with E-state index in [0.717, 1.165) is 24.2 Å². The number of aliphatic hydroxyl groups is 1. The lowest BCUT2D eigenvalue weighted by molar-refractivity contribution is 0.164. The van der Waals surface area contributed by atoms with Crippen LogP contribution >= 0.6 is 11.8 Å². The summed E-state index contributed by atoms with van der Waals surface area (Å²) in [5.41, 5.74) is 0.994. The monoisotopic (exact) mass is 228 g/mol. The summed E-state index contributed by atoms with van der Waals surface area (Å²) in [5, 5.41) is 9.70. The fraction of sp³-hybridized carbons (Fsp3) is 0.500. The third-order valence-electron chi connectivity index (χ3n) is 2.27. The molecule has 0 aromatic heterocycles. The maximum absolute atomic E-state index is 12.6. The van der Waals surface area contributed by atoms with Gasteiger partial charge in [0.05, 0.1) is 6.10 Å². The molecule has 0 heterocycles. The van der Waals surface area contributed by atoms with Crippen LogP contribution in [0.1, 0.15) is 18.4 Å². The zero-order chi connectivity index (χ0) is 11.1. The molecule has 3 heteroatoms. The standard InChI is InChI=1S/C12H17FOS/c1-15-8-2-3-12(14)9-10-4-6-11(13)7-5-10/h4-7,12,14H,2-3,8-9H2,1H3. The molecular formula is C12H17FOS. The summed E-state index contributed by atoms with van der Waals surface area (Å²) >= 11 is 1.79. The van der Waals surface area contributed by atoms with Gasteiger partial charge < -0.3 is 5.11 Å². The first kappa shape index (κ1) is 12.5. The minimum atomic E-state index is -0.303. The molecule has 1 rings (SSSR count). The molecule has 0 aliphatic rings. The van der Waals surface area contributed by atoms with Gasteiger partial charge in [-0.2, -0.15) is 11.8 Å². The highest BCUT2D eigenvalue weighted by atomic mass is 32.2. The van der Waals surface area contributed by atoms with Crippen LogP contribution in [-0.2, 0) is 6.42 Å². The Labute approximate surface area is 94.7 Å². The Morgan fingerprint density at radius 1 is 1.33 bits per heavy atom. The van der Waals surface area contributed by atoms with Crippen LogP contribution in [0.4, 0.5) is 4.39 Å². The first-order chi connectivity index (χ1) is 7.22. The molecule has 0 spiro atoms. The van der Waals surface area contributed by atoms with Crippen LogP contribution < -0.4 is 0 Å². The second kappa shape index (κ2) is 6.85. The lowest BCUT2D eigenvalue weighted by atomic mass is 10.0. The van der Waals surface area contributed by atoms with Gasteiger partial charge in [-0.15, -0.1) is 0 Å². The highest BCUT2D eigenvalue weighted by Crippen LogP contribution is 2.10. The molecule has 0 aliphatic heterocycles. The maximum Gasteiger partial charge on any atom is 0.123 e. The zero-order valence-corrected chi connectivity index (χ0v) is 9.77. The molecule has 0 fully saturated rings. The van der Waals surface area contributed by atoms with Crippen molar-refractivity contribution in [2.24, 2.45) is 0 Å². The summed E-state index contributed by atoms with van der Waals surface area (Å²) in [6.07, 6.45) is 4.23. The Balaban J connectivity index is 2.31. The van der Waals surface area contributed by atoms with Crippen LogP contribution in [0.25, 0.3) is 0 Å². The Kier molecular flexibility index (Phi) is 5.73. The van der Waals surface area contributed by atoms with Crippen molar-refractivity contribution in [3.05, 3.63) is 35.6 Å². The molecule has 84 valence electrons. The Bertz CT molecular complexity index is 273. The molecule has 1 aromatic rings. The van der Waals surface area contributed by atoms with Crippen molar-refractivity contribution < 1.29 is 9.50 Å². The van der Waals surface area contributed by atoms with E-state index in [1.54, 1.807) is 23.9 Å². The molecule has 0 aliphatic carbocycles. The number of rotatable bonds is 6. The van der Waals surface area contributed by atoms with Crippen LogP contribution in [0.3, 0.4) is 0 Å². The highest BCUT2D eigenvalue weighted by Gasteiger charge is 2.05. The highest BCUT2D eigenvalue weighted by molar-refractivity contribution is 7.98. The molecule has 15 heavy (non-hydrogen) atoms. The molecule has 0 bridgehead atoms. The van der Waals surface area contributed by atoms with Crippen LogP contribution in [0.2, 0.25) is 0 Å². The summed E-state index contributed by atoms with van der Waals surface area (Å²) in [4.78, 5) is 0. The summed E-state index contributed by atoms with van der Waals surface area (Å²) in [6, 6.07) is 6.33. The van der Waals surface area contributed by atoms with E-state index in [4.69, 9.17) is 0 Å². The summed E-state index contributed by atoms with van der Waals surface area (Å²) < 4.78 is 12.6. The fourth-order valence-electron chi connectivity index (χ4n) is 1.46. The Hall–Kier alpha value is -0.540. The van der Waals surface area contributed by atoms with Crippen molar-refractivity contribution in [3.63, 3.8) is 0 Å². The number of benzene rings is 1. The van der Waals surface area contributed by atoms with E-state index in [0.29, 0.717) is 6.42 Å². The number of thioether (sulfide) groups is 1. The number of aliphatic hydroxyl groups excluding tert-OH is 1. The first-order valence-corrected chi connectivity index (χ1v) is 6.53. The average molecular weight is 228 g/mol. The van der Waals surface area contributed by atoms with E-state index in [-0.39, 0.29) is 11.9 Å². The van der Waals surface area contributed by atoms with Crippen LogP contribution in [0.5, 0.6) is 0 Å². The molecule has 0 amide bonds. The summed E-state index contributed by atoms with van der Waals surface area (Å²) in [7, 11) is 0. The molecule has 1 aromatic carbocycles. The maximum atomic E-state index is 12.6. The largest absolute Gasteiger partial charge is 0.393 e. The molecule has 1 N–H and O–H groups in total. The van der Waals surface area contributed by atoms with Gasteiger partial charge in [-0.25, -0.2) is 4.39 Å². The van der Waals surface area contributed by atoms with Gasteiger partial charge in [-0.3, -0.25) is 0 Å². The van der Waals surface area contributed by atoms with Gasteiger partial charge in [-0.05, 0) is 49.0 Å². The van der Waals surface area contributed by atoms with Gasteiger partial charge in [0.15, 0.2) is 0 Å². The molecule has 1 unspecified atom stereocenters. The minimum Gasteiger partial charge on any atom is -0.393 e. The predicted octanol–water partition coefficient (Wildman–Crippen LogP) is 2.87. The quantitative estimate of drug-likeness (QED) is 0.755. The van der Waals surface area contributed by atoms with Gasteiger partial charge in [0, 0.05) is 0 Å². The molecule has 0 saturated heterocycles. The Morgan fingerprint density at radius 3 is 2.60 bits per heavy atom. The number of hydrogen-bond acceptors (Lipinski definition) is 2. The molecule has 0 saturated carbocycles. The zero-order valence-electron chi connectivity index (χ0n) is 8.95. The molecule has 1 atom stereocenters. The first-order valence-electron chi connectivity index (χ1n) is 5.14. The van der Waals surface area contributed by atoms with Crippen molar-refractivity contribution in [3.8, 4) is 0 Å². The van der Waals surface area contributed by atoms with E-state index in [1.807, 2.05) is 0 Å². The van der Waals surface area contributed by atoms with Crippen LogP contribution in [0, 0.1) is 5.82 Å². The van der Waals surface area contributed by atoms with Crippen LogP contribution in [-0.4, -0.2) is 23.2 Å². The Morgan fingerprint density at radius 2 is 2.00 bits per heavy atom. The summed E-state index contributed by atoms with van der Waals surface area (Å²) in [6.45, 7) is 0. The van der Waals surface area contributed by atoms with Crippen molar-refractivity contribution in [2.45, 2.75) is 25.4 Å². The van der Waals surface area contributed by atoms with Gasteiger partial charge in [0.1, 0.15) is 5.82 Å². The van der Waals surface area contributed by atoms with Gasteiger partial charge in [0.2, 0.25) is 0 Å². The summed E-state index contributed by atoms with van der Waals surface area (Å²) in [5.74, 6) is 0.858. The SMILES string of the molecule is CSCCCC(O)Cc1ccc(F)cc1. The molecule has 0 radical (unpaired) electrons. The van der Waals surface area contributed by atoms with E-state index in [2.05, 4.69) is 6.26 Å². The van der Waals surface area contributed by atoms with E-state index in [1.165, 1.54) is 12.1 Å². The molecular weight excluding hydrogens is 211 g/mol. The van der Waals surface area contributed by atoms with Crippen molar-refractivity contribution >= 4 is 11.8 Å². The van der Waals surface area contributed by atoms with E-state index < -0.39 is 0 Å². The van der Waals surface area contributed by atoms with Crippen molar-refractivity contribution in [2.75, 3.05) is 12.0 Å². The second-order valence-electron chi connectivity index (χ2n) is 3.62. The van der Waals surface area contributed by atoms with Crippen LogP contribution in [0.15, 0.2) is 24.3 Å². The number of halogens is 1. The minimum absolute atomic E-state index is 0.226. The fourth-order valence-corrected chi connectivity index (χ4v) is 1.91. The average Bonchev–Trinajstić information content (AvgIpc) is 2.22. The van der Waals surface area contributed by atoms with E-state index >= 15 is 0 Å². The van der Waals surface area contributed by atoms with Gasteiger partial charge in [-0.1, -0.05) is 12.1 Å². The molecule has 1 nitrogen and oxygen atoms in total. The predicted molar refractivity (Wildman–Crippen MR) is 63.7 cm³/mol. The normalized spacial score (nSPS) is 12.7. The van der Waals surface area contributed by atoms with Gasteiger partial charge in [0.25, 0.3) is 0 Å². The van der Waals surface area contributed by atoms with Crippen molar-refractivity contribution in [1.82, 2.24) is 0 Å². The van der Waals surface area contributed by atoms with Gasteiger partial charge >= 0.3 is 0 Å². The third kappa shape index (κ3) is 5.19. The third-order valence-corrected chi connectivity index (χ3v) is 2.97. The number of hydrogen-bond donors (Lipinski definition) is 1. The topological polar surface area (TPSA) is 20.2 Å². The second-order valence-corrected chi connectivity index (χ2v) is 4.61. The lowest BCUT2D eigenvalue weighted by Gasteiger charge is -2.09.